The van der Waals surface area contributed by atoms with Crippen LogP contribution in [0.1, 0.15) is 21.5 Å². The predicted molar refractivity (Wildman–Crippen MR) is 90.8 cm³/mol. The summed E-state index contributed by atoms with van der Waals surface area (Å²) in [5.41, 5.74) is 4.10. The molecular formula is C19H14ClNO. The minimum Gasteiger partial charge on any atom is -0.322 e. The molecule has 0 saturated heterocycles. The van der Waals surface area contributed by atoms with Gasteiger partial charge in [0.25, 0.3) is 5.91 Å². The number of amides is 1. The molecule has 1 amide bonds. The lowest BCUT2D eigenvalue weighted by Crippen LogP contribution is -2.12. The lowest BCUT2D eigenvalue weighted by Gasteiger charge is -2.10. The Morgan fingerprint density at radius 2 is 1.73 bits per heavy atom. The molecule has 0 radical (unpaired) electrons. The summed E-state index contributed by atoms with van der Waals surface area (Å²) < 4.78 is 0. The Kier molecular flexibility index (Phi) is 3.12. The summed E-state index contributed by atoms with van der Waals surface area (Å²) in [6.07, 6.45) is 2.12. The lowest BCUT2D eigenvalue weighted by atomic mass is 9.99. The highest BCUT2D eigenvalue weighted by atomic mass is 35.5. The minimum absolute atomic E-state index is 0.0992. The maximum Gasteiger partial charge on any atom is 0.256 e. The van der Waals surface area contributed by atoms with Gasteiger partial charge in [-0.2, -0.15) is 0 Å². The highest BCUT2D eigenvalue weighted by molar-refractivity contribution is 6.31. The van der Waals surface area contributed by atoms with Gasteiger partial charge in [0.15, 0.2) is 0 Å². The van der Waals surface area contributed by atoms with Gasteiger partial charge in [0.1, 0.15) is 0 Å². The molecule has 1 N–H and O–H groups in total. The number of halogens is 1. The molecule has 0 aliphatic heterocycles. The second-order valence-electron chi connectivity index (χ2n) is 5.58. The van der Waals surface area contributed by atoms with Gasteiger partial charge in [0.05, 0.1) is 0 Å². The third-order valence-corrected chi connectivity index (χ3v) is 4.44. The van der Waals surface area contributed by atoms with Crippen molar-refractivity contribution in [3.63, 3.8) is 0 Å². The number of aryl methyl sites for hydroxylation is 2. The van der Waals surface area contributed by atoms with Crippen molar-refractivity contribution in [2.45, 2.75) is 12.8 Å². The van der Waals surface area contributed by atoms with Crippen molar-refractivity contribution in [3.8, 4) is 0 Å². The van der Waals surface area contributed by atoms with Crippen LogP contribution in [0.2, 0.25) is 5.02 Å². The quantitative estimate of drug-likeness (QED) is 0.721. The fourth-order valence-electron chi connectivity index (χ4n) is 3.21. The summed E-state index contributed by atoms with van der Waals surface area (Å²) in [7, 11) is 0. The summed E-state index contributed by atoms with van der Waals surface area (Å²) in [4.78, 5) is 12.6. The monoisotopic (exact) mass is 307 g/mol. The molecule has 0 aromatic heterocycles. The molecule has 4 rings (SSSR count). The van der Waals surface area contributed by atoms with E-state index in [1.165, 1.54) is 16.5 Å². The molecule has 3 heteroatoms. The molecular weight excluding hydrogens is 294 g/mol. The van der Waals surface area contributed by atoms with E-state index in [0.29, 0.717) is 16.3 Å². The van der Waals surface area contributed by atoms with Gasteiger partial charge >= 0.3 is 0 Å². The molecule has 3 aromatic rings. The summed E-state index contributed by atoms with van der Waals surface area (Å²) in [6.45, 7) is 0. The van der Waals surface area contributed by atoms with E-state index >= 15 is 0 Å². The standard InChI is InChI=1S/C19H14ClNO/c20-14-4-2-5-15(11-14)21-19(22)17-10-9-13-8-7-12-3-1-6-16(17)18(12)13/h1-6,9-11H,7-8H2,(H,21,22). The van der Waals surface area contributed by atoms with E-state index in [4.69, 9.17) is 11.6 Å². The number of carbonyl (C=O) groups is 1. The second kappa shape index (κ2) is 5.15. The van der Waals surface area contributed by atoms with Crippen LogP contribution in [-0.4, -0.2) is 5.91 Å². The third kappa shape index (κ3) is 2.16. The zero-order chi connectivity index (χ0) is 15.1. The summed E-state index contributed by atoms with van der Waals surface area (Å²) >= 11 is 5.97. The number of hydrogen-bond acceptors (Lipinski definition) is 1. The molecule has 1 aliphatic carbocycles. The van der Waals surface area contributed by atoms with Gasteiger partial charge in [-0.05, 0) is 59.0 Å². The van der Waals surface area contributed by atoms with Crippen molar-refractivity contribution in [1.82, 2.24) is 0 Å². The first kappa shape index (κ1) is 13.4. The largest absolute Gasteiger partial charge is 0.322 e. The Morgan fingerprint density at radius 1 is 0.955 bits per heavy atom. The van der Waals surface area contributed by atoms with Crippen LogP contribution in [-0.2, 0) is 12.8 Å². The van der Waals surface area contributed by atoms with Crippen molar-refractivity contribution in [1.29, 1.82) is 0 Å². The summed E-state index contributed by atoms with van der Waals surface area (Å²) in [6, 6.07) is 17.4. The predicted octanol–water partition coefficient (Wildman–Crippen LogP) is 4.84. The van der Waals surface area contributed by atoms with Crippen LogP contribution in [0.5, 0.6) is 0 Å². The van der Waals surface area contributed by atoms with Crippen molar-refractivity contribution >= 4 is 34.0 Å². The topological polar surface area (TPSA) is 29.1 Å². The second-order valence-corrected chi connectivity index (χ2v) is 6.01. The van der Waals surface area contributed by atoms with Crippen LogP contribution in [0, 0.1) is 0 Å². The highest BCUT2D eigenvalue weighted by Crippen LogP contribution is 2.33. The Hall–Kier alpha value is -2.32. The van der Waals surface area contributed by atoms with Crippen LogP contribution < -0.4 is 5.32 Å². The number of hydrogen-bond donors (Lipinski definition) is 1. The van der Waals surface area contributed by atoms with Crippen LogP contribution in [0.4, 0.5) is 5.69 Å². The highest BCUT2D eigenvalue weighted by Gasteiger charge is 2.18. The minimum atomic E-state index is -0.0992. The molecule has 3 aromatic carbocycles. The average molecular weight is 308 g/mol. The van der Waals surface area contributed by atoms with Crippen LogP contribution in [0.25, 0.3) is 10.8 Å². The Morgan fingerprint density at radius 3 is 2.55 bits per heavy atom. The molecule has 0 heterocycles. The molecule has 0 unspecified atom stereocenters. The number of rotatable bonds is 2. The first-order valence-corrected chi connectivity index (χ1v) is 7.70. The van der Waals surface area contributed by atoms with E-state index in [9.17, 15) is 4.79 Å². The maximum atomic E-state index is 12.6. The number of nitrogens with one attached hydrogen (secondary N) is 1. The van der Waals surface area contributed by atoms with Gasteiger partial charge in [-0.25, -0.2) is 0 Å². The fourth-order valence-corrected chi connectivity index (χ4v) is 3.40. The molecule has 1 aliphatic rings. The average Bonchev–Trinajstić information content (AvgIpc) is 2.93. The Labute approximate surface area is 133 Å². The molecule has 0 saturated carbocycles. The molecule has 22 heavy (non-hydrogen) atoms. The summed E-state index contributed by atoms with van der Waals surface area (Å²) in [5.74, 6) is -0.0992. The van der Waals surface area contributed by atoms with Crippen LogP contribution in [0.3, 0.4) is 0 Å². The number of benzene rings is 3. The maximum absolute atomic E-state index is 12.6. The lowest BCUT2D eigenvalue weighted by molar-refractivity contribution is 0.102. The van der Waals surface area contributed by atoms with Gasteiger partial charge < -0.3 is 5.32 Å². The van der Waals surface area contributed by atoms with Gasteiger partial charge in [0, 0.05) is 16.3 Å². The van der Waals surface area contributed by atoms with Crippen molar-refractivity contribution in [2.75, 3.05) is 5.32 Å². The summed E-state index contributed by atoms with van der Waals surface area (Å²) in [5, 5.41) is 5.82. The van der Waals surface area contributed by atoms with Gasteiger partial charge in [0.2, 0.25) is 0 Å². The SMILES string of the molecule is O=C(Nc1cccc(Cl)c1)c1ccc2c3c(cccc13)CC2. The third-order valence-electron chi connectivity index (χ3n) is 4.20. The Balaban J connectivity index is 1.77. The van der Waals surface area contributed by atoms with Gasteiger partial charge in [-0.1, -0.05) is 41.9 Å². The molecule has 0 fully saturated rings. The van der Waals surface area contributed by atoms with Gasteiger partial charge in [-0.3, -0.25) is 4.79 Å². The van der Waals surface area contributed by atoms with Crippen molar-refractivity contribution in [3.05, 3.63) is 76.3 Å². The zero-order valence-electron chi connectivity index (χ0n) is 11.9. The normalized spacial score (nSPS) is 12.6. The smallest absolute Gasteiger partial charge is 0.256 e. The van der Waals surface area contributed by atoms with E-state index in [1.807, 2.05) is 30.3 Å². The first-order chi connectivity index (χ1) is 10.7. The number of anilines is 1. The van der Waals surface area contributed by atoms with E-state index in [-0.39, 0.29) is 5.91 Å². The van der Waals surface area contributed by atoms with Crippen LogP contribution in [0.15, 0.2) is 54.6 Å². The molecule has 0 spiro atoms. The van der Waals surface area contributed by atoms with E-state index in [2.05, 4.69) is 17.4 Å². The van der Waals surface area contributed by atoms with E-state index in [1.54, 1.807) is 12.1 Å². The van der Waals surface area contributed by atoms with E-state index < -0.39 is 0 Å². The van der Waals surface area contributed by atoms with Gasteiger partial charge in [-0.15, -0.1) is 0 Å². The molecule has 2 nitrogen and oxygen atoms in total. The molecule has 0 atom stereocenters. The fraction of sp³-hybridized carbons (Fsp3) is 0.105. The van der Waals surface area contributed by atoms with Crippen LogP contribution >= 0.6 is 11.6 Å². The molecule has 108 valence electrons. The first-order valence-electron chi connectivity index (χ1n) is 7.33. The Bertz CT molecular complexity index is 891. The number of carbonyl (C=O) groups excluding carboxylic acids is 1. The van der Waals surface area contributed by atoms with Crippen molar-refractivity contribution < 1.29 is 4.79 Å². The van der Waals surface area contributed by atoms with E-state index in [0.717, 1.165) is 18.2 Å². The molecule has 0 bridgehead atoms. The van der Waals surface area contributed by atoms with Crippen molar-refractivity contribution in [2.24, 2.45) is 0 Å². The zero-order valence-corrected chi connectivity index (χ0v) is 12.7.